The summed E-state index contributed by atoms with van der Waals surface area (Å²) in [6, 6.07) is 1.22. The number of cyclic esters (lactones) is 1. The molecule has 0 radical (unpaired) electrons. The Labute approximate surface area is 178 Å². The van der Waals surface area contributed by atoms with Gasteiger partial charge >= 0.3 is 5.97 Å². The lowest BCUT2D eigenvalue weighted by atomic mass is 9.97. The lowest BCUT2D eigenvalue weighted by molar-refractivity contribution is -0.119. The van der Waals surface area contributed by atoms with Gasteiger partial charge in [-0.15, -0.1) is 0 Å². The van der Waals surface area contributed by atoms with Gasteiger partial charge in [-0.1, -0.05) is 32.1 Å². The third-order valence-electron chi connectivity index (χ3n) is 5.54. The molecule has 3 N–H and O–H groups in total. The fourth-order valence-electron chi connectivity index (χ4n) is 3.82. The van der Waals surface area contributed by atoms with E-state index in [0.29, 0.717) is 31.2 Å². The van der Waals surface area contributed by atoms with Gasteiger partial charge in [-0.25, -0.2) is 4.79 Å². The van der Waals surface area contributed by atoms with Gasteiger partial charge in [0.05, 0.1) is 18.8 Å². The summed E-state index contributed by atoms with van der Waals surface area (Å²) in [5.41, 5.74) is 0.512. The van der Waals surface area contributed by atoms with Crippen LogP contribution in [0, 0.1) is 0 Å². The number of ketones is 1. The number of aliphatic hydroxyl groups is 1. The summed E-state index contributed by atoms with van der Waals surface area (Å²) in [6.07, 6.45) is 8.18. The van der Waals surface area contributed by atoms with Crippen LogP contribution in [0.3, 0.4) is 0 Å². The Morgan fingerprint density at radius 2 is 1.73 bits per heavy atom. The standard InChI is InChI=1S/C23H34O7/c1-15(24)12-13-16(25)10-8-6-4-3-5-7-9-11-18-20-21(23(28)30-18)19(29-2)14-17(26)22(20)27/h14-15,18,24,26-27H,3-13H2,1-2H3/t15-,18-/m1/s1. The molecule has 1 aliphatic rings. The Morgan fingerprint density at radius 1 is 1.10 bits per heavy atom. The van der Waals surface area contributed by atoms with Crippen LogP contribution >= 0.6 is 0 Å². The smallest absolute Gasteiger partial charge is 0.343 e. The molecule has 2 rings (SSSR count). The summed E-state index contributed by atoms with van der Waals surface area (Å²) >= 11 is 0. The summed E-state index contributed by atoms with van der Waals surface area (Å²) in [4.78, 5) is 23.8. The molecule has 0 fully saturated rings. The van der Waals surface area contributed by atoms with Crippen LogP contribution in [0.25, 0.3) is 0 Å². The number of benzene rings is 1. The van der Waals surface area contributed by atoms with Crippen LogP contribution in [-0.2, 0) is 9.53 Å². The van der Waals surface area contributed by atoms with Crippen LogP contribution in [0.2, 0.25) is 0 Å². The zero-order valence-electron chi connectivity index (χ0n) is 18.0. The summed E-state index contributed by atoms with van der Waals surface area (Å²) in [6.45, 7) is 1.70. The highest BCUT2D eigenvalue weighted by atomic mass is 16.6. The second kappa shape index (κ2) is 11.8. The first kappa shape index (κ1) is 24.0. The van der Waals surface area contributed by atoms with E-state index in [9.17, 15) is 24.9 Å². The number of fused-ring (bicyclic) bond motifs is 1. The molecule has 0 saturated heterocycles. The van der Waals surface area contributed by atoms with E-state index in [2.05, 4.69) is 0 Å². The minimum Gasteiger partial charge on any atom is -0.504 e. The number of unbranched alkanes of at least 4 members (excludes halogenated alkanes) is 6. The topological polar surface area (TPSA) is 113 Å². The van der Waals surface area contributed by atoms with Crippen LogP contribution < -0.4 is 4.74 Å². The molecule has 1 aromatic rings. The lowest BCUT2D eigenvalue weighted by Gasteiger charge is -2.13. The van der Waals surface area contributed by atoms with Crippen LogP contribution in [0.1, 0.15) is 99.6 Å². The molecular weight excluding hydrogens is 388 g/mol. The number of methoxy groups -OCH3 is 1. The number of carbonyl (C=O) groups is 2. The maximum Gasteiger partial charge on any atom is 0.343 e. The number of hydrogen-bond donors (Lipinski definition) is 3. The normalized spacial score (nSPS) is 16.2. The van der Waals surface area contributed by atoms with Crippen LogP contribution in [0.4, 0.5) is 0 Å². The fourth-order valence-corrected chi connectivity index (χ4v) is 3.82. The van der Waals surface area contributed by atoms with Crippen LogP contribution in [-0.4, -0.2) is 40.3 Å². The van der Waals surface area contributed by atoms with Gasteiger partial charge in [0.1, 0.15) is 23.2 Å². The average molecular weight is 423 g/mol. The van der Waals surface area contributed by atoms with Gasteiger partial charge in [0.25, 0.3) is 0 Å². The Balaban J connectivity index is 1.63. The molecule has 0 aromatic heterocycles. The molecule has 0 spiro atoms. The van der Waals surface area contributed by atoms with Crippen molar-refractivity contribution in [3.05, 3.63) is 17.2 Å². The van der Waals surface area contributed by atoms with Crippen molar-refractivity contribution in [2.75, 3.05) is 7.11 Å². The number of phenolic OH excluding ortho intramolecular Hbond substituents is 2. The van der Waals surface area contributed by atoms with Crippen molar-refractivity contribution in [2.24, 2.45) is 0 Å². The van der Waals surface area contributed by atoms with E-state index in [1.54, 1.807) is 6.92 Å². The Hall–Kier alpha value is -2.28. The second-order valence-electron chi connectivity index (χ2n) is 8.07. The van der Waals surface area contributed by atoms with Crippen molar-refractivity contribution in [1.29, 1.82) is 0 Å². The fraction of sp³-hybridized carbons (Fsp3) is 0.652. The van der Waals surface area contributed by atoms with Gasteiger partial charge in [0.15, 0.2) is 11.5 Å². The average Bonchev–Trinajstić information content (AvgIpc) is 3.04. The molecule has 1 heterocycles. The molecule has 0 aliphatic carbocycles. The molecule has 0 unspecified atom stereocenters. The lowest BCUT2D eigenvalue weighted by Crippen LogP contribution is -2.05. The summed E-state index contributed by atoms with van der Waals surface area (Å²) in [7, 11) is 1.40. The van der Waals surface area contributed by atoms with Crippen molar-refractivity contribution in [1.82, 2.24) is 0 Å². The van der Waals surface area contributed by atoms with E-state index in [-0.39, 0.29) is 28.6 Å². The zero-order chi connectivity index (χ0) is 22.1. The number of ether oxygens (including phenoxy) is 2. The highest BCUT2D eigenvalue weighted by molar-refractivity contribution is 5.98. The molecule has 0 amide bonds. The highest BCUT2D eigenvalue weighted by Gasteiger charge is 2.38. The Bertz CT molecular complexity index is 727. The van der Waals surface area contributed by atoms with E-state index in [0.717, 1.165) is 44.9 Å². The minimum absolute atomic E-state index is 0.195. The Kier molecular flexibility index (Phi) is 9.43. The van der Waals surface area contributed by atoms with Crippen molar-refractivity contribution < 1.29 is 34.4 Å². The maximum absolute atomic E-state index is 12.1. The molecule has 1 aliphatic heterocycles. The number of phenols is 2. The van der Waals surface area contributed by atoms with Crippen molar-refractivity contribution in [3.8, 4) is 17.2 Å². The quantitative estimate of drug-likeness (QED) is 0.229. The third kappa shape index (κ3) is 6.62. The predicted octanol–water partition coefficient (Wildman–Crippen LogP) is 4.56. The molecular formula is C23H34O7. The van der Waals surface area contributed by atoms with Crippen molar-refractivity contribution >= 4 is 11.8 Å². The summed E-state index contributed by atoms with van der Waals surface area (Å²) in [5, 5.41) is 29.2. The SMILES string of the molecule is COc1cc(O)c(O)c2c1C(=O)O[C@@H]2CCCCCCCCCC(=O)CC[C@@H](C)O. The molecule has 168 valence electrons. The van der Waals surface area contributed by atoms with Crippen LogP contribution in [0.15, 0.2) is 6.07 Å². The first-order valence-electron chi connectivity index (χ1n) is 10.9. The number of Topliss-reactive ketones (excluding diaryl/α,β-unsaturated/α-hetero) is 1. The zero-order valence-corrected chi connectivity index (χ0v) is 18.0. The number of esters is 1. The molecule has 1 aromatic carbocycles. The van der Waals surface area contributed by atoms with Gasteiger partial charge in [0.2, 0.25) is 0 Å². The van der Waals surface area contributed by atoms with Gasteiger partial charge in [-0.3, -0.25) is 4.79 Å². The molecule has 7 nitrogen and oxygen atoms in total. The molecule has 0 bridgehead atoms. The second-order valence-corrected chi connectivity index (χ2v) is 8.07. The molecule has 30 heavy (non-hydrogen) atoms. The van der Waals surface area contributed by atoms with E-state index in [4.69, 9.17) is 9.47 Å². The van der Waals surface area contributed by atoms with Gasteiger partial charge in [-0.05, 0) is 32.6 Å². The largest absolute Gasteiger partial charge is 0.504 e. The van der Waals surface area contributed by atoms with E-state index >= 15 is 0 Å². The van der Waals surface area contributed by atoms with E-state index in [1.807, 2.05) is 0 Å². The summed E-state index contributed by atoms with van der Waals surface area (Å²) < 4.78 is 10.5. The van der Waals surface area contributed by atoms with Crippen molar-refractivity contribution in [3.63, 3.8) is 0 Å². The first-order chi connectivity index (χ1) is 14.3. The number of carbonyl (C=O) groups excluding carboxylic acids is 2. The monoisotopic (exact) mass is 422 g/mol. The summed E-state index contributed by atoms with van der Waals surface area (Å²) in [5.74, 6) is -0.738. The predicted molar refractivity (Wildman–Crippen MR) is 112 cm³/mol. The van der Waals surface area contributed by atoms with Crippen molar-refractivity contribution in [2.45, 2.75) is 89.8 Å². The highest BCUT2D eigenvalue weighted by Crippen LogP contribution is 2.48. The maximum atomic E-state index is 12.1. The van der Waals surface area contributed by atoms with Gasteiger partial charge in [-0.2, -0.15) is 0 Å². The molecule has 2 atom stereocenters. The van der Waals surface area contributed by atoms with Gasteiger partial charge < -0.3 is 24.8 Å². The van der Waals surface area contributed by atoms with Crippen LogP contribution in [0.5, 0.6) is 17.2 Å². The van der Waals surface area contributed by atoms with Gasteiger partial charge in [0, 0.05) is 18.9 Å². The number of hydrogen-bond acceptors (Lipinski definition) is 7. The molecule has 0 saturated carbocycles. The number of aromatic hydroxyl groups is 2. The third-order valence-corrected chi connectivity index (χ3v) is 5.54. The number of aliphatic hydroxyl groups excluding tert-OH is 1. The minimum atomic E-state index is -0.568. The number of rotatable bonds is 14. The molecule has 7 heteroatoms. The van der Waals surface area contributed by atoms with E-state index < -0.39 is 18.2 Å². The Morgan fingerprint density at radius 3 is 2.37 bits per heavy atom. The first-order valence-corrected chi connectivity index (χ1v) is 10.9. The van der Waals surface area contributed by atoms with E-state index in [1.165, 1.54) is 13.2 Å².